The molecule has 198 valence electrons. The van der Waals surface area contributed by atoms with Gasteiger partial charge in [0.15, 0.2) is 5.78 Å². The standard InChI is InChI=1S/C33H38N2O3/c1-23-11-13-24(14-12-23)28-17-18-35(21-28)22-31(36)26-15-16-30-29(19-26)20-27(9-5-6-10-32(37)38)33(34-30)25-7-3-2-4-8-25/h2-4,7-8,13,15-16,19-20,23,28H,5-6,9-12,14,17-18,21-22H2,1H3,(H,37,38)/t23?,28-/m1/s1. The number of carbonyl (C=O) groups excluding carboxylic acids is 1. The van der Waals surface area contributed by atoms with Crippen LogP contribution in [-0.2, 0) is 11.2 Å². The molecule has 0 saturated carbocycles. The molecule has 1 aromatic heterocycles. The molecule has 1 fully saturated rings. The van der Waals surface area contributed by atoms with Gasteiger partial charge in [-0.1, -0.05) is 48.9 Å². The van der Waals surface area contributed by atoms with Crippen LogP contribution < -0.4 is 0 Å². The Morgan fingerprint density at radius 2 is 1.89 bits per heavy atom. The minimum absolute atomic E-state index is 0.161. The van der Waals surface area contributed by atoms with Crippen molar-refractivity contribution in [1.82, 2.24) is 9.88 Å². The van der Waals surface area contributed by atoms with Crippen molar-refractivity contribution in [2.45, 2.75) is 58.3 Å². The lowest BCUT2D eigenvalue weighted by atomic mass is 9.84. The van der Waals surface area contributed by atoms with E-state index in [-0.39, 0.29) is 12.2 Å². The number of Topliss-reactive ketones (excluding diaryl/α,β-unsaturated/α-hetero) is 1. The van der Waals surface area contributed by atoms with Gasteiger partial charge in [-0.25, -0.2) is 4.98 Å². The third-order valence-corrected chi connectivity index (χ3v) is 8.22. The predicted octanol–water partition coefficient (Wildman–Crippen LogP) is 6.95. The number of nitrogens with zero attached hydrogens (tertiary/aromatic N) is 2. The van der Waals surface area contributed by atoms with E-state index in [0.29, 0.717) is 18.9 Å². The number of carbonyl (C=O) groups is 2. The van der Waals surface area contributed by atoms with Crippen LogP contribution in [0, 0.1) is 11.8 Å². The number of aromatic nitrogens is 1. The van der Waals surface area contributed by atoms with Gasteiger partial charge in [0, 0.05) is 29.5 Å². The van der Waals surface area contributed by atoms with Gasteiger partial charge in [-0.05, 0) is 93.2 Å². The number of pyridine rings is 1. The fourth-order valence-corrected chi connectivity index (χ4v) is 5.95. The third-order valence-electron chi connectivity index (χ3n) is 8.22. The molecule has 5 rings (SSSR count). The molecule has 1 aliphatic heterocycles. The average molecular weight is 511 g/mol. The maximum atomic E-state index is 13.3. The van der Waals surface area contributed by atoms with Gasteiger partial charge in [-0.2, -0.15) is 0 Å². The molecule has 1 aliphatic carbocycles. The van der Waals surface area contributed by atoms with Crippen molar-refractivity contribution in [2.24, 2.45) is 11.8 Å². The van der Waals surface area contributed by atoms with Crippen molar-refractivity contribution in [3.8, 4) is 11.3 Å². The molecule has 3 aromatic rings. The molecule has 2 atom stereocenters. The van der Waals surface area contributed by atoms with Crippen LogP contribution in [0.5, 0.6) is 0 Å². The van der Waals surface area contributed by atoms with Gasteiger partial charge in [0.25, 0.3) is 0 Å². The van der Waals surface area contributed by atoms with E-state index in [0.717, 1.165) is 71.6 Å². The van der Waals surface area contributed by atoms with Gasteiger partial charge in [-0.3, -0.25) is 14.5 Å². The number of fused-ring (bicyclic) bond motifs is 1. The summed E-state index contributed by atoms with van der Waals surface area (Å²) < 4.78 is 0. The van der Waals surface area contributed by atoms with Crippen LogP contribution in [-0.4, -0.2) is 46.4 Å². The number of hydrogen-bond donors (Lipinski definition) is 1. The second kappa shape index (κ2) is 12.0. The summed E-state index contributed by atoms with van der Waals surface area (Å²) >= 11 is 0. The van der Waals surface area contributed by atoms with E-state index in [1.165, 1.54) is 19.3 Å². The summed E-state index contributed by atoms with van der Waals surface area (Å²) in [6.45, 7) is 4.77. The van der Waals surface area contributed by atoms with Crippen molar-refractivity contribution >= 4 is 22.7 Å². The van der Waals surface area contributed by atoms with Crippen molar-refractivity contribution in [3.05, 3.63) is 77.4 Å². The molecule has 2 heterocycles. The van der Waals surface area contributed by atoms with Crippen LogP contribution in [0.1, 0.15) is 67.8 Å². The molecule has 5 heteroatoms. The number of rotatable bonds is 10. The Kier molecular flexibility index (Phi) is 8.33. The van der Waals surface area contributed by atoms with Gasteiger partial charge in [-0.15, -0.1) is 0 Å². The first-order valence-corrected chi connectivity index (χ1v) is 14.1. The first-order valence-electron chi connectivity index (χ1n) is 14.1. The first-order chi connectivity index (χ1) is 18.5. The number of allylic oxidation sites excluding steroid dienone is 1. The molecule has 5 nitrogen and oxygen atoms in total. The van der Waals surface area contributed by atoms with Crippen LogP contribution in [0.4, 0.5) is 0 Å². The fraction of sp³-hybridized carbons (Fsp3) is 0.424. The second-order valence-corrected chi connectivity index (χ2v) is 11.2. The number of aryl methyl sites for hydroxylation is 1. The highest BCUT2D eigenvalue weighted by Crippen LogP contribution is 2.33. The van der Waals surface area contributed by atoms with Gasteiger partial charge >= 0.3 is 5.97 Å². The summed E-state index contributed by atoms with van der Waals surface area (Å²) in [7, 11) is 0. The van der Waals surface area contributed by atoms with Crippen molar-refractivity contribution < 1.29 is 14.7 Å². The highest BCUT2D eigenvalue weighted by Gasteiger charge is 2.28. The average Bonchev–Trinajstić information content (AvgIpc) is 3.39. The molecular weight excluding hydrogens is 472 g/mol. The van der Waals surface area contributed by atoms with Crippen molar-refractivity contribution in [1.29, 1.82) is 0 Å². The summed E-state index contributed by atoms with van der Waals surface area (Å²) in [5.74, 6) is 0.807. The van der Waals surface area contributed by atoms with Crippen LogP contribution in [0.15, 0.2) is 66.2 Å². The lowest BCUT2D eigenvalue weighted by Gasteiger charge is -2.23. The summed E-state index contributed by atoms with van der Waals surface area (Å²) in [5.41, 5.74) is 6.29. The molecule has 0 bridgehead atoms. The molecule has 1 unspecified atom stereocenters. The Balaban J connectivity index is 1.32. The van der Waals surface area contributed by atoms with E-state index >= 15 is 0 Å². The lowest BCUT2D eigenvalue weighted by Crippen LogP contribution is -2.28. The Morgan fingerprint density at radius 1 is 1.05 bits per heavy atom. The number of likely N-dealkylation sites (tertiary alicyclic amines) is 1. The number of carboxylic acids is 1. The van der Waals surface area contributed by atoms with Crippen molar-refractivity contribution in [3.63, 3.8) is 0 Å². The van der Waals surface area contributed by atoms with E-state index in [1.54, 1.807) is 5.57 Å². The quantitative estimate of drug-likeness (QED) is 0.182. The zero-order valence-corrected chi connectivity index (χ0v) is 22.4. The SMILES string of the molecule is CC1CC=C([C@@H]2CCN(CC(=O)c3ccc4nc(-c5ccccc5)c(CCCCC(=O)O)cc4c3)C2)CC1. The predicted molar refractivity (Wildman–Crippen MR) is 152 cm³/mol. The molecule has 1 saturated heterocycles. The van der Waals surface area contributed by atoms with Crippen LogP contribution >= 0.6 is 0 Å². The topological polar surface area (TPSA) is 70.5 Å². The number of benzene rings is 2. The smallest absolute Gasteiger partial charge is 0.303 e. The molecule has 0 radical (unpaired) electrons. The van der Waals surface area contributed by atoms with E-state index in [4.69, 9.17) is 10.1 Å². The molecule has 2 aliphatic rings. The zero-order valence-electron chi connectivity index (χ0n) is 22.4. The van der Waals surface area contributed by atoms with Gasteiger partial charge < -0.3 is 5.11 Å². The lowest BCUT2D eigenvalue weighted by molar-refractivity contribution is -0.137. The third kappa shape index (κ3) is 6.39. The number of carboxylic acid groups (broad SMARTS) is 1. The summed E-state index contributed by atoms with van der Waals surface area (Å²) in [5, 5.41) is 9.97. The Hall–Kier alpha value is -3.31. The molecular formula is C33H38N2O3. The highest BCUT2D eigenvalue weighted by molar-refractivity contribution is 6.01. The maximum absolute atomic E-state index is 13.3. The Bertz CT molecular complexity index is 1330. The zero-order chi connectivity index (χ0) is 26.5. The second-order valence-electron chi connectivity index (χ2n) is 11.2. The molecule has 0 spiro atoms. The van der Waals surface area contributed by atoms with Crippen molar-refractivity contribution in [2.75, 3.05) is 19.6 Å². The van der Waals surface area contributed by atoms with Gasteiger partial charge in [0.2, 0.25) is 0 Å². The van der Waals surface area contributed by atoms with E-state index in [9.17, 15) is 9.59 Å². The Labute approximate surface area is 225 Å². The van der Waals surface area contributed by atoms with Gasteiger partial charge in [0.1, 0.15) is 0 Å². The number of ketones is 1. The van der Waals surface area contributed by atoms with Gasteiger partial charge in [0.05, 0.1) is 17.8 Å². The summed E-state index contributed by atoms with van der Waals surface area (Å²) in [6.07, 6.45) is 9.66. The van der Waals surface area contributed by atoms with Crippen LogP contribution in [0.3, 0.4) is 0 Å². The maximum Gasteiger partial charge on any atom is 0.303 e. The summed E-state index contributed by atoms with van der Waals surface area (Å²) in [6, 6.07) is 18.1. The van der Waals surface area contributed by atoms with Crippen LogP contribution in [0.2, 0.25) is 0 Å². The largest absolute Gasteiger partial charge is 0.481 e. The van der Waals surface area contributed by atoms with Crippen LogP contribution in [0.25, 0.3) is 22.2 Å². The van der Waals surface area contributed by atoms with E-state index in [2.05, 4.69) is 36.1 Å². The normalized spacial score (nSPS) is 20.0. The van der Waals surface area contributed by atoms with E-state index in [1.807, 2.05) is 36.4 Å². The minimum atomic E-state index is -0.762. The monoisotopic (exact) mass is 510 g/mol. The van der Waals surface area contributed by atoms with E-state index < -0.39 is 5.97 Å². The number of hydrogen-bond acceptors (Lipinski definition) is 4. The minimum Gasteiger partial charge on any atom is -0.481 e. The molecule has 0 amide bonds. The first kappa shape index (κ1) is 26.3. The Morgan fingerprint density at radius 3 is 2.66 bits per heavy atom. The highest BCUT2D eigenvalue weighted by atomic mass is 16.4. The molecule has 38 heavy (non-hydrogen) atoms. The number of aliphatic carboxylic acids is 1. The molecule has 1 N–H and O–H groups in total. The fourth-order valence-electron chi connectivity index (χ4n) is 5.95. The molecule has 2 aromatic carbocycles. The number of unbranched alkanes of at least 4 members (excludes halogenated alkanes) is 1. The summed E-state index contributed by atoms with van der Waals surface area (Å²) in [4.78, 5) is 31.6.